The van der Waals surface area contributed by atoms with Gasteiger partial charge in [0.25, 0.3) is 11.5 Å². The molecule has 0 spiro atoms. The van der Waals surface area contributed by atoms with E-state index in [1.807, 2.05) is 30.5 Å². The molecular weight excluding hydrogens is 460 g/mol. The maximum absolute atomic E-state index is 13.5. The lowest BCUT2D eigenvalue weighted by Crippen LogP contribution is -2.33. The number of nitrogens with zero attached hydrogens (tertiary/aromatic N) is 3. The van der Waals surface area contributed by atoms with Gasteiger partial charge in [-0.1, -0.05) is 6.07 Å². The molecule has 1 amide bonds. The second-order valence-electron chi connectivity index (χ2n) is 7.58. The van der Waals surface area contributed by atoms with Crippen LogP contribution in [0, 0.1) is 11.6 Å². The van der Waals surface area contributed by atoms with E-state index >= 15 is 0 Å². The molecule has 0 bridgehead atoms. The average molecular weight is 477 g/mol. The molecule has 0 radical (unpaired) electrons. The largest absolute Gasteiger partial charge is 0.347 e. The van der Waals surface area contributed by atoms with Gasteiger partial charge in [-0.3, -0.25) is 14.2 Å². The third-order valence-electron chi connectivity index (χ3n) is 5.25. The van der Waals surface area contributed by atoms with Gasteiger partial charge in [-0.05, 0) is 42.0 Å². The first-order valence-electron chi connectivity index (χ1n) is 10.3. The van der Waals surface area contributed by atoms with E-state index < -0.39 is 23.1 Å². The van der Waals surface area contributed by atoms with E-state index in [9.17, 15) is 18.4 Å². The number of aromatic nitrogens is 4. The van der Waals surface area contributed by atoms with E-state index in [2.05, 4.69) is 20.3 Å². The molecule has 5 rings (SSSR count). The summed E-state index contributed by atoms with van der Waals surface area (Å²) in [5.74, 6) is -2.55. The molecule has 4 heterocycles. The molecule has 170 valence electrons. The fourth-order valence-corrected chi connectivity index (χ4v) is 4.45. The third-order valence-corrected chi connectivity index (χ3v) is 6.39. The van der Waals surface area contributed by atoms with Crippen LogP contribution in [0.4, 0.5) is 8.78 Å². The summed E-state index contributed by atoms with van der Waals surface area (Å²) in [4.78, 5) is 38.7. The summed E-state index contributed by atoms with van der Waals surface area (Å²) in [5.41, 5.74) is 1.46. The van der Waals surface area contributed by atoms with Crippen LogP contribution in [-0.2, 0) is 13.1 Å². The molecule has 0 saturated heterocycles. The second kappa shape index (κ2) is 8.99. The molecule has 5 aromatic rings. The molecule has 0 aliphatic rings. The van der Waals surface area contributed by atoms with Crippen molar-refractivity contribution >= 4 is 28.3 Å². The fraction of sp³-hybridized carbons (Fsp3) is 0.0833. The molecule has 0 saturated carbocycles. The lowest BCUT2D eigenvalue weighted by Gasteiger charge is -2.08. The van der Waals surface area contributed by atoms with Gasteiger partial charge >= 0.3 is 0 Å². The SMILES string of the molecule is O=C(NCc1ccc(-c2cnc3[nH]ccc3c2)s1)c1cncn(Cc2ccc(F)c(F)c2)c1=O. The molecular formula is C24H17F2N5O2S. The molecule has 2 N–H and O–H groups in total. The minimum Gasteiger partial charge on any atom is -0.347 e. The summed E-state index contributed by atoms with van der Waals surface area (Å²) in [6.45, 7) is 0.193. The van der Waals surface area contributed by atoms with Crippen molar-refractivity contribution in [2.24, 2.45) is 0 Å². The number of amides is 1. The fourth-order valence-electron chi connectivity index (χ4n) is 3.52. The number of H-pyrrole nitrogens is 1. The number of thiophene rings is 1. The molecule has 4 aromatic heterocycles. The number of aromatic amines is 1. The number of nitrogens with one attached hydrogen (secondary N) is 2. The first kappa shape index (κ1) is 21.7. The first-order chi connectivity index (χ1) is 16.5. The van der Waals surface area contributed by atoms with Crippen LogP contribution in [0.3, 0.4) is 0 Å². The van der Waals surface area contributed by atoms with E-state index in [4.69, 9.17) is 0 Å². The number of carbonyl (C=O) groups excluding carboxylic acids is 1. The summed E-state index contributed by atoms with van der Waals surface area (Å²) >= 11 is 1.52. The number of pyridine rings is 1. The predicted octanol–water partition coefficient (Wildman–Crippen LogP) is 4.10. The van der Waals surface area contributed by atoms with Crippen LogP contribution in [0.1, 0.15) is 20.8 Å². The second-order valence-corrected chi connectivity index (χ2v) is 8.75. The Hall–Kier alpha value is -4.18. The summed E-state index contributed by atoms with van der Waals surface area (Å²) in [7, 11) is 0. The quantitative estimate of drug-likeness (QED) is 0.385. The zero-order valence-corrected chi connectivity index (χ0v) is 18.4. The van der Waals surface area contributed by atoms with Gasteiger partial charge in [-0.15, -0.1) is 11.3 Å². The zero-order chi connectivity index (χ0) is 23.7. The lowest BCUT2D eigenvalue weighted by molar-refractivity contribution is 0.0948. The molecule has 7 nitrogen and oxygen atoms in total. The van der Waals surface area contributed by atoms with E-state index in [0.29, 0.717) is 5.56 Å². The van der Waals surface area contributed by atoms with Crippen molar-refractivity contribution in [1.82, 2.24) is 24.8 Å². The number of rotatable bonds is 6. The standard InChI is InChI=1S/C24H17F2N5O2S/c25-19-3-1-14(7-20(19)26)12-31-13-27-11-18(24(31)33)23(32)30-10-17-2-4-21(34-17)16-8-15-5-6-28-22(15)29-9-16/h1-9,11,13H,10,12H2,(H,28,29)(H,30,32). The molecule has 0 unspecified atom stereocenters. The summed E-state index contributed by atoms with van der Waals surface area (Å²) in [6.07, 6.45) is 6.07. The van der Waals surface area contributed by atoms with E-state index in [1.54, 1.807) is 6.20 Å². The van der Waals surface area contributed by atoms with Gasteiger partial charge in [0.05, 0.1) is 19.4 Å². The van der Waals surface area contributed by atoms with Gasteiger partial charge in [0.2, 0.25) is 0 Å². The van der Waals surface area contributed by atoms with Gasteiger partial charge in [-0.2, -0.15) is 0 Å². The summed E-state index contributed by atoms with van der Waals surface area (Å²) < 4.78 is 27.8. The van der Waals surface area contributed by atoms with E-state index in [1.165, 1.54) is 34.5 Å². The number of benzene rings is 1. The van der Waals surface area contributed by atoms with Crippen LogP contribution >= 0.6 is 11.3 Å². The number of fused-ring (bicyclic) bond motifs is 1. The van der Waals surface area contributed by atoms with Gasteiger partial charge in [0.1, 0.15) is 11.2 Å². The van der Waals surface area contributed by atoms with Crippen LogP contribution in [-0.4, -0.2) is 25.4 Å². The Morgan fingerprint density at radius 2 is 1.97 bits per heavy atom. The highest BCUT2D eigenvalue weighted by Gasteiger charge is 2.14. The minimum atomic E-state index is -1.01. The lowest BCUT2D eigenvalue weighted by atomic mass is 10.2. The Bertz CT molecular complexity index is 1570. The smallest absolute Gasteiger partial charge is 0.266 e. The maximum atomic E-state index is 13.5. The molecule has 34 heavy (non-hydrogen) atoms. The van der Waals surface area contributed by atoms with Crippen LogP contribution in [0.5, 0.6) is 0 Å². The molecule has 0 fully saturated rings. The third kappa shape index (κ3) is 4.35. The van der Waals surface area contributed by atoms with E-state index in [-0.39, 0.29) is 18.7 Å². The van der Waals surface area contributed by atoms with Gasteiger partial charge in [0.15, 0.2) is 11.6 Å². The zero-order valence-electron chi connectivity index (χ0n) is 17.6. The Labute approximate surface area is 195 Å². The van der Waals surface area contributed by atoms with Crippen LogP contribution in [0.2, 0.25) is 0 Å². The number of carbonyl (C=O) groups is 1. The van der Waals surface area contributed by atoms with Gasteiger partial charge < -0.3 is 10.3 Å². The highest BCUT2D eigenvalue weighted by atomic mass is 32.1. The van der Waals surface area contributed by atoms with Crippen molar-refractivity contribution < 1.29 is 13.6 Å². The molecule has 0 aliphatic heterocycles. The van der Waals surface area contributed by atoms with Crippen molar-refractivity contribution in [1.29, 1.82) is 0 Å². The van der Waals surface area contributed by atoms with Gasteiger partial charge in [0, 0.05) is 39.3 Å². The molecule has 0 atom stereocenters. The number of hydrogen-bond donors (Lipinski definition) is 2. The Balaban J connectivity index is 1.28. The highest BCUT2D eigenvalue weighted by Crippen LogP contribution is 2.29. The predicted molar refractivity (Wildman–Crippen MR) is 125 cm³/mol. The summed E-state index contributed by atoms with van der Waals surface area (Å²) in [6, 6.07) is 11.2. The average Bonchev–Trinajstić information content (AvgIpc) is 3.50. The topological polar surface area (TPSA) is 92.7 Å². The Kier molecular flexibility index (Phi) is 5.72. The maximum Gasteiger partial charge on any atom is 0.266 e. The Morgan fingerprint density at radius 3 is 2.82 bits per heavy atom. The van der Waals surface area contributed by atoms with Crippen molar-refractivity contribution in [3.63, 3.8) is 0 Å². The van der Waals surface area contributed by atoms with Crippen LogP contribution in [0.25, 0.3) is 21.5 Å². The monoisotopic (exact) mass is 477 g/mol. The normalized spacial score (nSPS) is 11.1. The number of hydrogen-bond acceptors (Lipinski definition) is 5. The van der Waals surface area contributed by atoms with Crippen molar-refractivity contribution in [3.8, 4) is 10.4 Å². The molecule has 1 aromatic carbocycles. The van der Waals surface area contributed by atoms with Gasteiger partial charge in [-0.25, -0.2) is 18.7 Å². The Morgan fingerprint density at radius 1 is 1.09 bits per heavy atom. The first-order valence-corrected chi connectivity index (χ1v) is 11.1. The van der Waals surface area contributed by atoms with E-state index in [0.717, 1.165) is 38.5 Å². The highest BCUT2D eigenvalue weighted by molar-refractivity contribution is 7.15. The van der Waals surface area contributed by atoms with Crippen molar-refractivity contribution in [2.45, 2.75) is 13.1 Å². The minimum absolute atomic E-state index is 0.0437. The van der Waals surface area contributed by atoms with Crippen LogP contribution < -0.4 is 10.9 Å². The number of halogens is 2. The van der Waals surface area contributed by atoms with Crippen molar-refractivity contribution in [3.05, 3.63) is 105 Å². The summed E-state index contributed by atoms with van der Waals surface area (Å²) in [5, 5.41) is 3.75. The van der Waals surface area contributed by atoms with Crippen molar-refractivity contribution in [2.75, 3.05) is 0 Å². The molecule has 10 heteroatoms. The molecule has 0 aliphatic carbocycles. The van der Waals surface area contributed by atoms with Crippen LogP contribution in [0.15, 0.2) is 72.2 Å².